The van der Waals surface area contributed by atoms with E-state index in [2.05, 4.69) is 197 Å². The fourth-order valence-corrected chi connectivity index (χ4v) is 15.3. The summed E-state index contributed by atoms with van der Waals surface area (Å²) in [6.07, 6.45) is 13.8. The average molecular weight is 2550 g/mol. The third-order valence-electron chi connectivity index (χ3n) is 22.2. The zero-order chi connectivity index (χ0) is 98.4. The minimum atomic E-state index is -0.870. The first-order valence-corrected chi connectivity index (χ1v) is 45.4. The smallest absolute Gasteiger partial charge is 0.335 e. The molecule has 11 heterocycles. The molecule has 0 unspecified atom stereocenters. The van der Waals surface area contributed by atoms with Crippen LogP contribution >= 0.6 is 0 Å². The van der Waals surface area contributed by atoms with E-state index in [1.807, 2.05) is 255 Å². The summed E-state index contributed by atoms with van der Waals surface area (Å²) in [5.41, 5.74) is 17.5. The molecule has 25 aromatic rings. The van der Waals surface area contributed by atoms with Crippen molar-refractivity contribution in [1.29, 1.82) is 0 Å². The molecule has 148 heavy (non-hydrogen) atoms. The predicted octanol–water partition coefficient (Wildman–Crippen LogP) is 30.7. The predicted molar refractivity (Wildman–Crippen MR) is 559 cm³/mol. The second kappa shape index (κ2) is 53.9. The molecule has 0 aliphatic heterocycles. The second-order valence-electron chi connectivity index (χ2n) is 31.7. The van der Waals surface area contributed by atoms with Crippen molar-refractivity contribution in [3.8, 4) is 124 Å². The maximum Gasteiger partial charge on any atom is 3.00 e. The molecule has 0 bridgehead atoms. The zero-order valence-electron chi connectivity index (χ0n) is 77.9. The van der Waals surface area contributed by atoms with Gasteiger partial charge in [0.15, 0.2) is 0 Å². The molecule has 0 fully saturated rings. The van der Waals surface area contributed by atoms with Crippen LogP contribution in [0.3, 0.4) is 0 Å². The molecule has 0 saturated heterocycles. The van der Waals surface area contributed by atoms with Crippen molar-refractivity contribution in [3.05, 3.63) is 564 Å². The van der Waals surface area contributed by atoms with Crippen LogP contribution in [0, 0.1) is 102 Å². The first kappa shape index (κ1) is 107. The van der Waals surface area contributed by atoms with Crippen LogP contribution in [-0.4, -0.2) is 54.8 Å². The molecule has 0 aliphatic rings. The maximum atomic E-state index is 14.4. The number of nitrogens with zero attached hydrogens (tertiary/aromatic N) is 11. The van der Waals surface area contributed by atoms with Crippen LogP contribution in [0.4, 0.5) is 26.3 Å². The number of pyridine rings is 11. The summed E-state index contributed by atoms with van der Waals surface area (Å²) in [6.45, 7) is 0. The summed E-state index contributed by atoms with van der Waals surface area (Å²) in [6, 6.07) is 161. The van der Waals surface area contributed by atoms with Gasteiger partial charge >= 0.3 is 80.8 Å². The van der Waals surface area contributed by atoms with Crippen molar-refractivity contribution in [2.45, 2.75) is 0 Å². The molecule has 11 aromatic heterocycles. The Balaban J connectivity index is 0.000000136. The van der Waals surface area contributed by atoms with E-state index in [0.29, 0.717) is 11.8 Å². The Hall–Kier alpha value is -16.5. The Morgan fingerprint density at radius 1 is 0.182 bits per heavy atom. The maximum absolute atomic E-state index is 14.4. The Morgan fingerprint density at radius 2 is 0.473 bits per heavy atom. The fourth-order valence-electron chi connectivity index (χ4n) is 15.3. The number of fused-ring (bicyclic) bond motifs is 9. The molecule has 25 rings (SSSR count). The van der Waals surface area contributed by atoms with E-state index in [-0.39, 0.29) is 120 Å². The van der Waals surface area contributed by atoms with Crippen molar-refractivity contribution in [3.63, 3.8) is 0 Å². The van der Waals surface area contributed by atoms with E-state index in [9.17, 15) is 26.3 Å². The third-order valence-corrected chi connectivity index (χ3v) is 22.2. The number of hydrogen-bond acceptors (Lipinski definition) is 11. The minimum Gasteiger partial charge on any atom is -0.335 e. The molecule has 0 atom stereocenters. The number of rotatable bonds is 11. The summed E-state index contributed by atoms with van der Waals surface area (Å²) >= 11 is 0. The SMILES string of the molecule is Fc1c[c-]c(-c2cccc(-c3[c-]c(-c4ccccn4)c(F)cc3F)n2)c(F)c1.Fc1c[c-]c(-c2ccccn2)c(F)c1.[Ir+3].[Ir+3].[Pt+2].[Rh+3].[c-]1c(-c2ccc3ccc4ccc[c-]c4c3n2)ccc2ccc3cccnc3c12.[c-]1cccc2ccc3cccnc3c12.[c-]1ccccc1-c1cccc(-c2[c-]c(-c3ccccn3)ccc2)n1.[c-]1ccccc1-c1ccccn1.[c-]1ccccc1-c1ccccn1.[c-]1ccccc1-c1ccccn1. The van der Waals surface area contributed by atoms with E-state index in [4.69, 9.17) is 9.97 Å². The van der Waals surface area contributed by atoms with Gasteiger partial charge < -0.3 is 39.9 Å². The monoisotopic (exact) mass is 2550 g/mol. The van der Waals surface area contributed by atoms with E-state index in [0.717, 1.165) is 157 Å². The van der Waals surface area contributed by atoms with Gasteiger partial charge in [-0.1, -0.05) is 238 Å². The van der Waals surface area contributed by atoms with Crippen molar-refractivity contribution in [2.75, 3.05) is 0 Å². The molecule has 0 N–H and O–H groups in total. The summed E-state index contributed by atoms with van der Waals surface area (Å²) in [7, 11) is 0. The van der Waals surface area contributed by atoms with Crippen LogP contribution in [0.15, 0.2) is 462 Å². The van der Waals surface area contributed by atoms with Gasteiger partial charge in [0.2, 0.25) is 0 Å². The molecule has 0 aliphatic carbocycles. The van der Waals surface area contributed by atoms with Crippen LogP contribution in [0.2, 0.25) is 0 Å². The standard InChI is InChI=1S/C26H14N2.C22H10F4N2.C22H14N2.C13H8N.C11H6F2N.3C11H8N.2Ir.Pt.Rh/c1-2-6-22-17(4-1)7-11-20-13-14-24(28-26(20)22)21-12-9-18-8-10-19-5-3-15-27-25(19)23(18)16-21;23-13-7-8-14(17(24)10-13)21-5-3-6-22(28-21)16-11-15(18(25)12-19(16)26)20-4-1-2-9-27-20;1-2-8-17(9-3-1)21-13-7-14-22(24-21)19-11-6-10-18(16-19)20-12-4-5-15-23-20;1-2-6-12-10(4-1)7-8-11-5-3-9-14-13(11)12;12-8-4-5-9(10(13)7-8)11-3-1-2-6-14-11;3*1-2-6-10(7-3-1)11-8-4-5-9-12-11;;;;/h1-5,7-15H;1-7,9-10,12H;1-8,10-15H;1-5,7-9H;1-4,6-7H;3*1-6,8-9H;;;;/q3*-2;5*-1;2*+3;+2;+3. The molecule has 0 spiro atoms. The van der Waals surface area contributed by atoms with E-state index < -0.39 is 34.9 Å². The fraction of sp³-hybridized carbons (Fsp3) is 0. The normalized spacial score (nSPS) is 10.3. The summed E-state index contributed by atoms with van der Waals surface area (Å²) in [5.74, 6) is -4.58. The van der Waals surface area contributed by atoms with Gasteiger partial charge in [-0.2, -0.15) is 0 Å². The summed E-state index contributed by atoms with van der Waals surface area (Å²) < 4.78 is 81.6. The summed E-state index contributed by atoms with van der Waals surface area (Å²) in [4.78, 5) is 48.0. The van der Waals surface area contributed by atoms with E-state index in [1.165, 1.54) is 35.2 Å². The molecular weight excluding hydrogens is 2480 g/mol. The van der Waals surface area contributed by atoms with E-state index >= 15 is 0 Å². The van der Waals surface area contributed by atoms with Crippen LogP contribution < -0.4 is 0 Å². The van der Waals surface area contributed by atoms with Crippen LogP contribution in [0.25, 0.3) is 189 Å². The topological polar surface area (TPSA) is 142 Å². The molecule has 0 saturated carbocycles. The van der Waals surface area contributed by atoms with Crippen molar-refractivity contribution in [2.24, 2.45) is 0 Å². The Kier molecular flexibility index (Phi) is 39.0. The molecular formula is C127H76F6Ir2N11PtRh. The molecule has 21 heteroatoms. The first-order chi connectivity index (χ1) is 70.9. The number of aromatic nitrogens is 11. The van der Waals surface area contributed by atoms with Crippen molar-refractivity contribution >= 4 is 65.0 Å². The average Bonchev–Trinajstić information content (AvgIpc) is 0.766. The quantitative estimate of drug-likeness (QED) is 0.0529. The van der Waals surface area contributed by atoms with Gasteiger partial charge in [-0.15, -0.1) is 286 Å². The van der Waals surface area contributed by atoms with Gasteiger partial charge in [0.1, 0.15) is 0 Å². The first-order valence-electron chi connectivity index (χ1n) is 45.4. The molecule has 14 aromatic carbocycles. The van der Waals surface area contributed by atoms with Gasteiger partial charge in [-0.3, -0.25) is 41.3 Å². The van der Waals surface area contributed by atoms with Crippen LogP contribution in [0.1, 0.15) is 0 Å². The third kappa shape index (κ3) is 28.0. The van der Waals surface area contributed by atoms with Gasteiger partial charge in [0.25, 0.3) is 0 Å². The Bertz CT molecular complexity index is 8060. The Morgan fingerprint density at radius 3 is 0.919 bits per heavy atom. The van der Waals surface area contributed by atoms with Crippen LogP contribution in [-0.2, 0) is 80.8 Å². The molecule has 0 amide bonds. The molecule has 11 nitrogen and oxygen atoms in total. The number of halogens is 6. The van der Waals surface area contributed by atoms with Gasteiger partial charge in [-0.05, 0) is 127 Å². The molecule has 0 radical (unpaired) electrons. The zero-order valence-corrected chi connectivity index (χ0v) is 86.6. The van der Waals surface area contributed by atoms with Gasteiger partial charge in [0.05, 0.1) is 11.6 Å². The summed E-state index contributed by atoms with van der Waals surface area (Å²) in [5, 5.41) is 10.1. The van der Waals surface area contributed by atoms with Gasteiger partial charge in [0, 0.05) is 89.7 Å². The largest absolute Gasteiger partial charge is 3.00 e. The number of hydrogen-bond donors (Lipinski definition) is 0. The van der Waals surface area contributed by atoms with Crippen molar-refractivity contribution < 1.29 is 107 Å². The Labute approximate surface area is 906 Å². The minimum absolute atomic E-state index is 0. The molecule has 718 valence electrons. The van der Waals surface area contributed by atoms with Gasteiger partial charge in [-0.25, -0.2) is 0 Å². The second-order valence-corrected chi connectivity index (χ2v) is 31.7. The van der Waals surface area contributed by atoms with Crippen LogP contribution in [0.5, 0.6) is 0 Å². The number of benzene rings is 14. The van der Waals surface area contributed by atoms with Crippen molar-refractivity contribution in [1.82, 2.24) is 54.8 Å². The van der Waals surface area contributed by atoms with E-state index in [1.54, 1.807) is 67.4 Å².